The molecule has 0 spiro atoms. The molecule has 3 saturated heterocycles. The zero-order valence-electron chi connectivity index (χ0n) is 12.2. The standard InChI is InChI=1S/C13H22O7/c1-11(2)16-5-7(17-11)13(6-14)9(15)8-10(20-13)19-12(3,4)18-8/h7-10,14-15H,5-6H2,1-4H3/t7-,8+,9-,10-,13-/m0/s1. The van der Waals surface area contributed by atoms with Gasteiger partial charge in [0.05, 0.1) is 13.2 Å². The van der Waals surface area contributed by atoms with E-state index in [9.17, 15) is 10.2 Å². The smallest absolute Gasteiger partial charge is 0.190 e. The lowest BCUT2D eigenvalue weighted by molar-refractivity contribution is -0.272. The molecule has 20 heavy (non-hydrogen) atoms. The van der Waals surface area contributed by atoms with Gasteiger partial charge in [-0.05, 0) is 27.7 Å². The highest BCUT2D eigenvalue weighted by Crippen LogP contribution is 2.46. The van der Waals surface area contributed by atoms with Gasteiger partial charge in [-0.1, -0.05) is 0 Å². The number of ether oxygens (including phenoxy) is 5. The molecule has 0 bridgehead atoms. The minimum atomic E-state index is -1.29. The summed E-state index contributed by atoms with van der Waals surface area (Å²) >= 11 is 0. The third-order valence-corrected chi connectivity index (χ3v) is 4.04. The first-order valence-electron chi connectivity index (χ1n) is 6.83. The van der Waals surface area contributed by atoms with Crippen molar-refractivity contribution in [3.63, 3.8) is 0 Å². The molecule has 3 aliphatic heterocycles. The van der Waals surface area contributed by atoms with E-state index >= 15 is 0 Å². The Hall–Kier alpha value is -0.280. The summed E-state index contributed by atoms with van der Waals surface area (Å²) in [5, 5.41) is 20.3. The van der Waals surface area contributed by atoms with E-state index in [0.717, 1.165) is 0 Å². The number of aliphatic hydroxyl groups excluding tert-OH is 2. The van der Waals surface area contributed by atoms with E-state index in [1.165, 1.54) is 0 Å². The molecule has 7 nitrogen and oxygen atoms in total. The maximum absolute atomic E-state index is 10.5. The van der Waals surface area contributed by atoms with Crippen LogP contribution in [0.3, 0.4) is 0 Å². The molecule has 0 aromatic carbocycles. The predicted octanol–water partition coefficient (Wildman–Crippen LogP) is -0.262. The van der Waals surface area contributed by atoms with Gasteiger partial charge in [0.2, 0.25) is 0 Å². The lowest BCUT2D eigenvalue weighted by Gasteiger charge is -2.36. The summed E-state index contributed by atoms with van der Waals surface area (Å²) in [6.07, 6.45) is -3.01. The second kappa shape index (κ2) is 4.36. The molecular formula is C13H22O7. The van der Waals surface area contributed by atoms with E-state index < -0.39 is 48.4 Å². The third-order valence-electron chi connectivity index (χ3n) is 4.04. The van der Waals surface area contributed by atoms with Gasteiger partial charge in [-0.2, -0.15) is 0 Å². The first-order chi connectivity index (χ1) is 9.19. The Labute approximate surface area is 117 Å². The monoisotopic (exact) mass is 290 g/mol. The minimum absolute atomic E-state index is 0.230. The van der Waals surface area contributed by atoms with Crippen LogP contribution < -0.4 is 0 Å². The Morgan fingerprint density at radius 1 is 1.00 bits per heavy atom. The molecule has 0 aromatic heterocycles. The SMILES string of the molecule is CC1(C)O[C@H]2O[C@@](CO)([C@@H]3COC(C)(C)O3)[C@@H](O)[C@H]2O1. The van der Waals surface area contributed by atoms with Gasteiger partial charge in [-0.25, -0.2) is 0 Å². The minimum Gasteiger partial charge on any atom is -0.393 e. The number of aliphatic hydroxyl groups is 2. The van der Waals surface area contributed by atoms with Crippen molar-refractivity contribution < 1.29 is 33.9 Å². The average molecular weight is 290 g/mol. The highest BCUT2D eigenvalue weighted by molar-refractivity contribution is 5.08. The Balaban J connectivity index is 1.82. The van der Waals surface area contributed by atoms with E-state index in [1.807, 2.05) is 0 Å². The van der Waals surface area contributed by atoms with Crippen molar-refractivity contribution in [2.75, 3.05) is 13.2 Å². The molecule has 0 amide bonds. The fourth-order valence-corrected chi connectivity index (χ4v) is 3.05. The van der Waals surface area contributed by atoms with E-state index in [0.29, 0.717) is 0 Å². The predicted molar refractivity (Wildman–Crippen MR) is 65.6 cm³/mol. The Morgan fingerprint density at radius 2 is 1.70 bits per heavy atom. The van der Waals surface area contributed by atoms with E-state index in [-0.39, 0.29) is 6.61 Å². The first-order valence-corrected chi connectivity index (χ1v) is 6.83. The summed E-state index contributed by atoms with van der Waals surface area (Å²) in [6, 6.07) is 0. The Bertz CT molecular complexity index is 396. The largest absolute Gasteiger partial charge is 0.393 e. The molecule has 2 N–H and O–H groups in total. The van der Waals surface area contributed by atoms with Gasteiger partial charge >= 0.3 is 0 Å². The molecule has 0 aliphatic carbocycles. The highest BCUT2D eigenvalue weighted by atomic mass is 16.9. The Morgan fingerprint density at radius 3 is 2.20 bits per heavy atom. The van der Waals surface area contributed by atoms with Crippen LogP contribution in [-0.4, -0.2) is 65.2 Å². The van der Waals surface area contributed by atoms with Gasteiger partial charge in [0.1, 0.15) is 18.3 Å². The first kappa shape index (κ1) is 14.6. The van der Waals surface area contributed by atoms with Crippen molar-refractivity contribution >= 4 is 0 Å². The molecule has 5 atom stereocenters. The summed E-state index contributed by atoms with van der Waals surface area (Å²) in [5.41, 5.74) is -1.29. The molecule has 3 aliphatic rings. The van der Waals surface area contributed by atoms with Crippen molar-refractivity contribution in [1.82, 2.24) is 0 Å². The molecule has 3 rings (SSSR count). The number of fused-ring (bicyclic) bond motifs is 1. The van der Waals surface area contributed by atoms with Crippen molar-refractivity contribution in [2.24, 2.45) is 0 Å². The van der Waals surface area contributed by atoms with Crippen LogP contribution in [0, 0.1) is 0 Å². The normalized spacial score (nSPS) is 49.5. The van der Waals surface area contributed by atoms with E-state index in [1.54, 1.807) is 27.7 Å². The van der Waals surface area contributed by atoms with Crippen LogP contribution in [0.1, 0.15) is 27.7 Å². The Kier molecular flexibility index (Phi) is 3.19. The van der Waals surface area contributed by atoms with Crippen LogP contribution in [0.2, 0.25) is 0 Å². The van der Waals surface area contributed by atoms with Crippen LogP contribution in [-0.2, 0) is 23.7 Å². The number of rotatable bonds is 2. The molecule has 3 fully saturated rings. The maximum Gasteiger partial charge on any atom is 0.190 e. The fraction of sp³-hybridized carbons (Fsp3) is 1.00. The van der Waals surface area contributed by atoms with Crippen molar-refractivity contribution in [3.05, 3.63) is 0 Å². The topological polar surface area (TPSA) is 86.6 Å². The van der Waals surface area contributed by atoms with Crippen LogP contribution in [0.25, 0.3) is 0 Å². The number of hydrogen-bond donors (Lipinski definition) is 2. The van der Waals surface area contributed by atoms with Gasteiger partial charge in [0.15, 0.2) is 23.5 Å². The fourth-order valence-electron chi connectivity index (χ4n) is 3.05. The summed E-state index contributed by atoms with van der Waals surface area (Å²) < 4.78 is 28.3. The van der Waals surface area contributed by atoms with Crippen LogP contribution in [0.5, 0.6) is 0 Å². The van der Waals surface area contributed by atoms with Crippen LogP contribution in [0.15, 0.2) is 0 Å². The van der Waals surface area contributed by atoms with E-state index in [2.05, 4.69) is 0 Å². The van der Waals surface area contributed by atoms with Gasteiger partial charge in [0, 0.05) is 0 Å². The summed E-state index contributed by atoms with van der Waals surface area (Å²) in [6.45, 7) is 6.87. The van der Waals surface area contributed by atoms with Gasteiger partial charge in [-0.3, -0.25) is 0 Å². The maximum atomic E-state index is 10.5. The molecule has 116 valence electrons. The molecule has 0 saturated carbocycles. The molecule has 0 radical (unpaired) electrons. The van der Waals surface area contributed by atoms with Crippen molar-refractivity contribution in [1.29, 1.82) is 0 Å². The second-order valence-corrected chi connectivity index (χ2v) is 6.46. The zero-order chi connectivity index (χ0) is 14.8. The van der Waals surface area contributed by atoms with Gasteiger partial charge in [-0.15, -0.1) is 0 Å². The van der Waals surface area contributed by atoms with Crippen LogP contribution >= 0.6 is 0 Å². The summed E-state index contributed by atoms with van der Waals surface area (Å²) in [4.78, 5) is 0. The highest BCUT2D eigenvalue weighted by Gasteiger charge is 2.66. The molecule has 7 heteroatoms. The van der Waals surface area contributed by atoms with Gasteiger partial charge < -0.3 is 33.9 Å². The van der Waals surface area contributed by atoms with Crippen molar-refractivity contribution in [2.45, 2.75) is 69.5 Å². The second-order valence-electron chi connectivity index (χ2n) is 6.46. The zero-order valence-corrected chi connectivity index (χ0v) is 12.2. The molecule has 0 aromatic rings. The molecule has 3 heterocycles. The van der Waals surface area contributed by atoms with Gasteiger partial charge in [0.25, 0.3) is 0 Å². The third kappa shape index (κ3) is 2.09. The lowest BCUT2D eigenvalue weighted by Crippen LogP contribution is -2.57. The summed E-state index contributed by atoms with van der Waals surface area (Å²) in [5.74, 6) is -1.58. The van der Waals surface area contributed by atoms with E-state index in [4.69, 9.17) is 23.7 Å². The number of hydrogen-bond acceptors (Lipinski definition) is 7. The lowest BCUT2D eigenvalue weighted by atomic mass is 9.90. The van der Waals surface area contributed by atoms with Crippen LogP contribution in [0.4, 0.5) is 0 Å². The molecular weight excluding hydrogens is 268 g/mol. The summed E-state index contributed by atoms with van der Waals surface area (Å²) in [7, 11) is 0. The molecule has 0 unspecified atom stereocenters. The quantitative estimate of drug-likeness (QED) is 0.724. The average Bonchev–Trinajstić information content (AvgIpc) is 2.91. The van der Waals surface area contributed by atoms with Crippen molar-refractivity contribution in [3.8, 4) is 0 Å².